The molecule has 0 N–H and O–H groups in total. The van der Waals surface area contributed by atoms with Gasteiger partial charge in [-0.2, -0.15) is 0 Å². The maximum atomic E-state index is 2.46. The summed E-state index contributed by atoms with van der Waals surface area (Å²) in [6.45, 7) is 21.1. The molecule has 1 atom stereocenters. The second-order valence-corrected chi connectivity index (χ2v) is 12.3. The molecule has 3 aromatic rings. The van der Waals surface area contributed by atoms with E-state index in [-0.39, 0.29) is 16.2 Å². The molecule has 0 aliphatic carbocycles. The Morgan fingerprint density at radius 3 is 1.47 bits per heavy atom. The van der Waals surface area contributed by atoms with Gasteiger partial charge in [0, 0.05) is 0 Å². The minimum Gasteiger partial charge on any atom is -0.0622 e. The van der Waals surface area contributed by atoms with E-state index in [4.69, 9.17) is 0 Å². The normalized spacial score (nSPS) is 13.8. The average Bonchev–Trinajstić information content (AvgIpc) is 2.72. The Morgan fingerprint density at radius 1 is 0.562 bits per heavy atom. The van der Waals surface area contributed by atoms with Crippen molar-refractivity contribution in [2.45, 2.75) is 90.9 Å². The van der Waals surface area contributed by atoms with Crippen LogP contribution in [0, 0.1) is 0 Å². The Bertz CT molecular complexity index is 990. The van der Waals surface area contributed by atoms with Crippen molar-refractivity contribution in [1.82, 2.24) is 0 Å². The molecule has 3 rings (SSSR count). The van der Waals surface area contributed by atoms with Gasteiger partial charge in [-0.25, -0.2) is 0 Å². The highest BCUT2D eigenvalue weighted by Crippen LogP contribution is 2.39. The van der Waals surface area contributed by atoms with Crippen LogP contribution in [0.1, 0.15) is 96.9 Å². The smallest absolute Gasteiger partial charge is 0.00976 e. The molecular weight excluding hydrogens is 384 g/mol. The highest BCUT2D eigenvalue weighted by molar-refractivity contribution is 5.63. The standard InChI is InChI=1S/C32H42/c1-23(24-15-17-26(18-16-24)25-13-11-10-12-14-25)22-32(8,9)29-20-27(30(2,3)4)19-28(21-29)31(5,6)7/h10-21,23H,22H2,1-9H3. The molecule has 0 nitrogen and oxygen atoms in total. The van der Waals surface area contributed by atoms with Gasteiger partial charge < -0.3 is 0 Å². The SMILES string of the molecule is CC(CC(C)(C)c1cc(C(C)(C)C)cc(C(C)(C)C)c1)c1ccc(-c2ccccc2)cc1. The minimum atomic E-state index is 0.0960. The van der Waals surface area contributed by atoms with Crippen LogP contribution in [0.5, 0.6) is 0 Å². The van der Waals surface area contributed by atoms with Crippen LogP contribution in [0.4, 0.5) is 0 Å². The topological polar surface area (TPSA) is 0 Å². The van der Waals surface area contributed by atoms with E-state index in [1.54, 1.807) is 0 Å². The van der Waals surface area contributed by atoms with Crippen molar-refractivity contribution in [3.05, 3.63) is 95.1 Å². The highest BCUT2D eigenvalue weighted by atomic mass is 14.3. The summed E-state index contributed by atoms with van der Waals surface area (Å²) in [7, 11) is 0. The van der Waals surface area contributed by atoms with Crippen LogP contribution in [0.25, 0.3) is 11.1 Å². The summed E-state index contributed by atoms with van der Waals surface area (Å²) in [6, 6.07) is 27.1. The Balaban J connectivity index is 1.88. The fourth-order valence-corrected chi connectivity index (χ4v) is 4.52. The molecule has 0 saturated heterocycles. The molecule has 0 heteroatoms. The van der Waals surface area contributed by atoms with Crippen LogP contribution >= 0.6 is 0 Å². The van der Waals surface area contributed by atoms with Crippen LogP contribution in [-0.4, -0.2) is 0 Å². The molecule has 170 valence electrons. The molecule has 0 aliphatic heterocycles. The van der Waals surface area contributed by atoms with Crippen molar-refractivity contribution >= 4 is 0 Å². The van der Waals surface area contributed by atoms with Gasteiger partial charge in [-0.3, -0.25) is 0 Å². The number of hydrogen-bond acceptors (Lipinski definition) is 0. The van der Waals surface area contributed by atoms with Gasteiger partial charge in [0.1, 0.15) is 0 Å². The first-order chi connectivity index (χ1) is 14.8. The summed E-state index contributed by atoms with van der Waals surface area (Å²) < 4.78 is 0. The summed E-state index contributed by atoms with van der Waals surface area (Å²) in [5.41, 5.74) is 8.70. The molecule has 0 aliphatic rings. The summed E-state index contributed by atoms with van der Waals surface area (Å²) in [5, 5.41) is 0. The Labute approximate surface area is 197 Å². The van der Waals surface area contributed by atoms with E-state index in [1.165, 1.54) is 33.4 Å². The Hall–Kier alpha value is -2.34. The van der Waals surface area contributed by atoms with E-state index < -0.39 is 0 Å². The van der Waals surface area contributed by atoms with Gasteiger partial charge >= 0.3 is 0 Å². The lowest BCUT2D eigenvalue weighted by atomic mass is 9.71. The Kier molecular flexibility index (Phi) is 6.75. The summed E-state index contributed by atoms with van der Waals surface area (Å²) in [6.07, 6.45) is 1.12. The predicted octanol–water partition coefficient (Wildman–Crippen LogP) is 9.42. The maximum absolute atomic E-state index is 2.46. The van der Waals surface area contributed by atoms with Gasteiger partial charge in [0.05, 0.1) is 0 Å². The maximum Gasteiger partial charge on any atom is -0.00976 e. The fraction of sp³-hybridized carbons (Fsp3) is 0.438. The quantitative estimate of drug-likeness (QED) is 0.381. The van der Waals surface area contributed by atoms with E-state index in [2.05, 4.69) is 135 Å². The molecule has 0 aromatic heterocycles. The summed E-state index contributed by atoms with van der Waals surface area (Å²) >= 11 is 0. The summed E-state index contributed by atoms with van der Waals surface area (Å²) in [4.78, 5) is 0. The monoisotopic (exact) mass is 426 g/mol. The van der Waals surface area contributed by atoms with Gasteiger partial charge in [-0.05, 0) is 62.0 Å². The fourth-order valence-electron chi connectivity index (χ4n) is 4.52. The second-order valence-electron chi connectivity index (χ2n) is 12.3. The number of benzene rings is 3. The largest absolute Gasteiger partial charge is 0.0622 e. The highest BCUT2D eigenvalue weighted by Gasteiger charge is 2.28. The van der Waals surface area contributed by atoms with Gasteiger partial charge in [0.2, 0.25) is 0 Å². The van der Waals surface area contributed by atoms with Crippen LogP contribution < -0.4 is 0 Å². The van der Waals surface area contributed by atoms with E-state index in [0.717, 1.165) is 6.42 Å². The van der Waals surface area contributed by atoms with E-state index >= 15 is 0 Å². The zero-order valence-electron chi connectivity index (χ0n) is 21.7. The van der Waals surface area contributed by atoms with Crippen molar-refractivity contribution in [3.63, 3.8) is 0 Å². The number of hydrogen-bond donors (Lipinski definition) is 0. The molecule has 0 heterocycles. The number of rotatable bonds is 5. The zero-order chi connectivity index (χ0) is 23.7. The van der Waals surface area contributed by atoms with Crippen molar-refractivity contribution < 1.29 is 0 Å². The minimum absolute atomic E-state index is 0.0960. The molecule has 0 amide bonds. The van der Waals surface area contributed by atoms with Crippen LogP contribution in [0.15, 0.2) is 72.8 Å². The molecule has 0 bridgehead atoms. The lowest BCUT2D eigenvalue weighted by Gasteiger charge is -2.33. The second kappa shape index (κ2) is 8.89. The van der Waals surface area contributed by atoms with Crippen molar-refractivity contribution in [2.24, 2.45) is 0 Å². The third kappa shape index (κ3) is 5.71. The van der Waals surface area contributed by atoms with Crippen LogP contribution in [0.3, 0.4) is 0 Å². The van der Waals surface area contributed by atoms with E-state index in [0.29, 0.717) is 5.92 Å². The molecule has 0 radical (unpaired) electrons. The van der Waals surface area contributed by atoms with Gasteiger partial charge in [0.25, 0.3) is 0 Å². The first-order valence-corrected chi connectivity index (χ1v) is 12.1. The molecule has 1 unspecified atom stereocenters. The zero-order valence-corrected chi connectivity index (χ0v) is 21.7. The third-order valence-corrected chi connectivity index (χ3v) is 6.85. The average molecular weight is 427 g/mol. The molecule has 0 saturated carbocycles. The molecule has 0 spiro atoms. The van der Waals surface area contributed by atoms with Crippen molar-refractivity contribution in [1.29, 1.82) is 0 Å². The van der Waals surface area contributed by atoms with Gasteiger partial charge in [0.15, 0.2) is 0 Å². The molecule has 3 aromatic carbocycles. The third-order valence-electron chi connectivity index (χ3n) is 6.85. The lowest BCUT2D eigenvalue weighted by molar-refractivity contribution is 0.435. The van der Waals surface area contributed by atoms with Gasteiger partial charge in [-0.1, -0.05) is 135 Å². The Morgan fingerprint density at radius 2 is 1.00 bits per heavy atom. The van der Waals surface area contributed by atoms with Crippen LogP contribution in [-0.2, 0) is 16.2 Å². The predicted molar refractivity (Wildman–Crippen MR) is 142 cm³/mol. The molecule has 0 fully saturated rings. The molecular formula is C32H42. The van der Waals surface area contributed by atoms with E-state index in [9.17, 15) is 0 Å². The first kappa shape index (κ1) is 24.3. The van der Waals surface area contributed by atoms with Gasteiger partial charge in [-0.15, -0.1) is 0 Å². The summed E-state index contributed by atoms with van der Waals surface area (Å²) in [5.74, 6) is 0.492. The van der Waals surface area contributed by atoms with E-state index in [1.807, 2.05) is 0 Å². The van der Waals surface area contributed by atoms with Crippen molar-refractivity contribution in [2.75, 3.05) is 0 Å². The first-order valence-electron chi connectivity index (χ1n) is 12.1. The van der Waals surface area contributed by atoms with Crippen molar-refractivity contribution in [3.8, 4) is 11.1 Å². The van der Waals surface area contributed by atoms with Crippen LogP contribution in [0.2, 0.25) is 0 Å². The lowest BCUT2D eigenvalue weighted by Crippen LogP contribution is -2.24. The molecule has 32 heavy (non-hydrogen) atoms.